The van der Waals surface area contributed by atoms with Crippen LogP contribution in [0.2, 0.25) is 0 Å². The highest BCUT2D eigenvalue weighted by Crippen LogP contribution is 2.34. The summed E-state index contributed by atoms with van der Waals surface area (Å²) in [6.45, 7) is 4.43. The van der Waals surface area contributed by atoms with Crippen LogP contribution in [0.5, 0.6) is 5.75 Å². The van der Waals surface area contributed by atoms with Gasteiger partial charge in [-0.05, 0) is 18.9 Å². The third-order valence-electron chi connectivity index (χ3n) is 3.44. The van der Waals surface area contributed by atoms with Gasteiger partial charge in [0.2, 0.25) is 5.91 Å². The van der Waals surface area contributed by atoms with Gasteiger partial charge in [0.05, 0.1) is 12.6 Å². The number of carbonyl (C=O) groups is 1. The number of hydrogen-bond acceptors (Lipinski definition) is 3. The molecule has 2 unspecified atom stereocenters. The first-order valence-electron chi connectivity index (χ1n) is 6.83. The van der Waals surface area contributed by atoms with Crippen molar-refractivity contribution in [1.29, 1.82) is 0 Å². The molecule has 0 aromatic heterocycles. The number of aliphatic hydroxyl groups excluding tert-OH is 1. The molecule has 2 atom stereocenters. The Morgan fingerprint density at radius 3 is 3.05 bits per heavy atom. The molecule has 4 heteroatoms. The van der Waals surface area contributed by atoms with Crippen LogP contribution in [-0.4, -0.2) is 23.7 Å². The van der Waals surface area contributed by atoms with E-state index in [1.54, 1.807) is 0 Å². The molecule has 1 heterocycles. The number of benzene rings is 1. The van der Waals surface area contributed by atoms with Crippen LogP contribution in [-0.2, 0) is 4.79 Å². The summed E-state index contributed by atoms with van der Waals surface area (Å²) in [4.78, 5) is 11.7. The van der Waals surface area contributed by atoms with E-state index in [-0.39, 0.29) is 11.9 Å². The number of para-hydroxylation sites is 1. The fourth-order valence-electron chi connectivity index (χ4n) is 2.42. The molecule has 1 aromatic carbocycles. The first-order valence-corrected chi connectivity index (χ1v) is 6.83. The molecule has 0 saturated carbocycles. The maximum Gasteiger partial charge on any atom is 0.220 e. The Balaban J connectivity index is 2.19. The van der Waals surface area contributed by atoms with E-state index >= 15 is 0 Å². The lowest BCUT2D eigenvalue weighted by atomic mass is 9.98. The predicted molar refractivity (Wildman–Crippen MR) is 73.1 cm³/mol. The van der Waals surface area contributed by atoms with E-state index in [1.165, 1.54) is 0 Å². The van der Waals surface area contributed by atoms with E-state index in [4.69, 9.17) is 4.74 Å². The third-order valence-corrected chi connectivity index (χ3v) is 3.44. The topological polar surface area (TPSA) is 58.6 Å². The van der Waals surface area contributed by atoms with Crippen LogP contribution >= 0.6 is 0 Å². The molecule has 104 valence electrons. The van der Waals surface area contributed by atoms with Gasteiger partial charge in [-0.3, -0.25) is 4.79 Å². The molecule has 4 nitrogen and oxygen atoms in total. The van der Waals surface area contributed by atoms with Gasteiger partial charge in [0.1, 0.15) is 11.9 Å². The van der Waals surface area contributed by atoms with Crippen LogP contribution < -0.4 is 10.1 Å². The number of fused-ring (bicyclic) bond motifs is 1. The molecule has 0 spiro atoms. The first kappa shape index (κ1) is 13.9. The highest BCUT2D eigenvalue weighted by atomic mass is 16.5. The van der Waals surface area contributed by atoms with Crippen molar-refractivity contribution in [3.63, 3.8) is 0 Å². The Kier molecular flexibility index (Phi) is 4.43. The Morgan fingerprint density at radius 2 is 2.32 bits per heavy atom. The summed E-state index contributed by atoms with van der Waals surface area (Å²) in [5, 5.41) is 13.3. The summed E-state index contributed by atoms with van der Waals surface area (Å²) in [6.07, 6.45) is 1.20. The van der Waals surface area contributed by atoms with Crippen LogP contribution in [0.1, 0.15) is 43.4 Å². The standard InChI is InChI=1S/C15H21NO3/c1-3-5-13(17)16-12-8-9-19-15-10(2)6-4-7-11(15)14(12)18/h4,6-7,12,14,18H,3,5,8-9H2,1-2H3,(H,16,17). The Labute approximate surface area is 113 Å². The number of ether oxygens (including phenoxy) is 1. The monoisotopic (exact) mass is 263 g/mol. The van der Waals surface area contributed by atoms with Crippen molar-refractivity contribution in [2.45, 2.75) is 45.3 Å². The van der Waals surface area contributed by atoms with Crippen molar-refractivity contribution in [2.24, 2.45) is 0 Å². The van der Waals surface area contributed by atoms with E-state index in [0.29, 0.717) is 19.4 Å². The first-order chi connectivity index (χ1) is 9.13. The second-order valence-electron chi connectivity index (χ2n) is 5.00. The van der Waals surface area contributed by atoms with E-state index in [0.717, 1.165) is 23.3 Å². The van der Waals surface area contributed by atoms with Gasteiger partial charge in [-0.25, -0.2) is 0 Å². The minimum atomic E-state index is -0.710. The third kappa shape index (κ3) is 3.07. The number of carbonyl (C=O) groups excluding carboxylic acids is 1. The largest absolute Gasteiger partial charge is 0.493 e. The lowest BCUT2D eigenvalue weighted by Gasteiger charge is -2.22. The molecular weight excluding hydrogens is 242 g/mol. The van der Waals surface area contributed by atoms with Gasteiger partial charge in [-0.2, -0.15) is 0 Å². The van der Waals surface area contributed by atoms with Crippen molar-refractivity contribution in [1.82, 2.24) is 5.32 Å². The van der Waals surface area contributed by atoms with Crippen LogP contribution in [0.4, 0.5) is 0 Å². The molecule has 1 amide bonds. The Morgan fingerprint density at radius 1 is 1.53 bits per heavy atom. The van der Waals surface area contributed by atoms with Gasteiger partial charge in [0, 0.05) is 18.4 Å². The van der Waals surface area contributed by atoms with Gasteiger partial charge < -0.3 is 15.2 Å². The maximum absolute atomic E-state index is 11.7. The van der Waals surface area contributed by atoms with Crippen molar-refractivity contribution in [3.8, 4) is 5.75 Å². The molecular formula is C15H21NO3. The molecule has 2 N–H and O–H groups in total. The summed E-state index contributed by atoms with van der Waals surface area (Å²) in [5.74, 6) is 0.741. The maximum atomic E-state index is 11.7. The normalized spacial score (nSPS) is 22.1. The quantitative estimate of drug-likeness (QED) is 0.878. The van der Waals surface area contributed by atoms with Gasteiger partial charge in [0.25, 0.3) is 0 Å². The van der Waals surface area contributed by atoms with E-state index < -0.39 is 6.10 Å². The zero-order valence-electron chi connectivity index (χ0n) is 11.5. The lowest BCUT2D eigenvalue weighted by Crippen LogP contribution is -2.39. The second-order valence-corrected chi connectivity index (χ2v) is 5.00. The van der Waals surface area contributed by atoms with Crippen molar-refractivity contribution >= 4 is 5.91 Å². The molecule has 1 aliphatic rings. The fourth-order valence-corrected chi connectivity index (χ4v) is 2.42. The molecule has 0 fully saturated rings. The van der Waals surface area contributed by atoms with Crippen LogP contribution in [0.3, 0.4) is 0 Å². The number of nitrogens with one attached hydrogen (secondary N) is 1. The number of amides is 1. The van der Waals surface area contributed by atoms with Crippen LogP contribution in [0.25, 0.3) is 0 Å². The second kappa shape index (κ2) is 6.06. The summed E-state index contributed by atoms with van der Waals surface area (Å²) in [6, 6.07) is 5.44. The van der Waals surface area contributed by atoms with Gasteiger partial charge >= 0.3 is 0 Å². The van der Waals surface area contributed by atoms with Crippen molar-refractivity contribution in [3.05, 3.63) is 29.3 Å². The molecule has 0 bridgehead atoms. The van der Waals surface area contributed by atoms with Gasteiger partial charge in [-0.15, -0.1) is 0 Å². The predicted octanol–water partition coefficient (Wildman–Crippen LogP) is 2.10. The zero-order valence-corrected chi connectivity index (χ0v) is 11.5. The van der Waals surface area contributed by atoms with Crippen molar-refractivity contribution in [2.75, 3.05) is 6.61 Å². The summed E-state index contributed by atoms with van der Waals surface area (Å²) in [7, 11) is 0. The number of aliphatic hydroxyl groups is 1. The number of rotatable bonds is 3. The summed E-state index contributed by atoms with van der Waals surface area (Å²) in [5.41, 5.74) is 1.77. The highest BCUT2D eigenvalue weighted by molar-refractivity contribution is 5.76. The molecule has 0 saturated heterocycles. The Bertz CT molecular complexity index is 459. The SMILES string of the molecule is CCCC(=O)NC1CCOc2c(C)cccc2C1O. The van der Waals surface area contributed by atoms with Crippen LogP contribution in [0.15, 0.2) is 18.2 Å². The van der Waals surface area contributed by atoms with E-state index in [9.17, 15) is 9.90 Å². The van der Waals surface area contributed by atoms with Crippen molar-refractivity contribution < 1.29 is 14.6 Å². The van der Waals surface area contributed by atoms with Gasteiger partial charge in [-0.1, -0.05) is 25.1 Å². The average Bonchev–Trinajstić information content (AvgIpc) is 2.53. The number of aryl methyl sites for hydroxylation is 1. The molecule has 0 radical (unpaired) electrons. The molecule has 19 heavy (non-hydrogen) atoms. The highest BCUT2D eigenvalue weighted by Gasteiger charge is 2.28. The minimum absolute atomic E-state index is 0.0114. The molecule has 1 aliphatic heterocycles. The molecule has 0 aliphatic carbocycles. The smallest absolute Gasteiger partial charge is 0.220 e. The average molecular weight is 263 g/mol. The number of hydrogen-bond donors (Lipinski definition) is 2. The Hall–Kier alpha value is -1.55. The van der Waals surface area contributed by atoms with E-state index in [2.05, 4.69) is 5.32 Å². The molecule has 1 aromatic rings. The molecule has 2 rings (SSSR count). The van der Waals surface area contributed by atoms with Crippen LogP contribution in [0, 0.1) is 6.92 Å². The minimum Gasteiger partial charge on any atom is -0.493 e. The zero-order chi connectivity index (χ0) is 13.8. The van der Waals surface area contributed by atoms with Gasteiger partial charge in [0.15, 0.2) is 0 Å². The van der Waals surface area contributed by atoms with E-state index in [1.807, 2.05) is 32.0 Å². The summed E-state index contributed by atoms with van der Waals surface area (Å²) < 4.78 is 5.71. The fraction of sp³-hybridized carbons (Fsp3) is 0.533. The summed E-state index contributed by atoms with van der Waals surface area (Å²) >= 11 is 0. The lowest BCUT2D eigenvalue weighted by molar-refractivity contribution is -0.122.